The van der Waals surface area contributed by atoms with Crippen molar-refractivity contribution in [2.45, 2.75) is 51.7 Å². The van der Waals surface area contributed by atoms with Gasteiger partial charge in [-0.25, -0.2) is 0 Å². The molecule has 0 amide bonds. The summed E-state index contributed by atoms with van der Waals surface area (Å²) in [6.07, 6.45) is -1.01. The highest BCUT2D eigenvalue weighted by Gasteiger charge is 2.60. The van der Waals surface area contributed by atoms with Crippen molar-refractivity contribution >= 4 is 27.1 Å². The van der Waals surface area contributed by atoms with Crippen LogP contribution in [0, 0.1) is 11.3 Å². The third-order valence-electron chi connectivity index (χ3n) is 4.17. The maximum Gasteiger partial charge on any atom is 0.374 e. The zero-order chi connectivity index (χ0) is 24.0. The van der Waals surface area contributed by atoms with Crippen molar-refractivity contribution in [2.75, 3.05) is 19.9 Å². The molecule has 0 aliphatic heterocycles. The van der Waals surface area contributed by atoms with Gasteiger partial charge >= 0.3 is 27.1 Å². The van der Waals surface area contributed by atoms with Crippen LogP contribution < -0.4 is 11.5 Å². The van der Waals surface area contributed by atoms with Crippen LogP contribution in [0.1, 0.15) is 40.5 Å². The molecule has 0 aromatic carbocycles. The fraction of sp³-hybridized carbons (Fsp3) is 0.867. The van der Waals surface area contributed by atoms with Gasteiger partial charge in [0.1, 0.15) is 12.6 Å². The fourth-order valence-electron chi connectivity index (χ4n) is 1.92. The SMILES string of the molecule is CC(C)[C@@H](N)C(=O)OCC(C)(C)C(=O)OCOP(=O)(O)C(O)(CCCN)P(=O)(O)O. The molecule has 13 nitrogen and oxygen atoms in total. The van der Waals surface area contributed by atoms with Crippen LogP contribution in [0.15, 0.2) is 0 Å². The van der Waals surface area contributed by atoms with E-state index in [1.165, 1.54) is 13.8 Å². The van der Waals surface area contributed by atoms with Crippen LogP contribution in [0.3, 0.4) is 0 Å². The second kappa shape index (κ2) is 11.1. The Kier molecular flexibility index (Phi) is 10.8. The number of hydrogen-bond acceptors (Lipinski definition) is 10. The molecule has 0 heterocycles. The van der Waals surface area contributed by atoms with Crippen molar-refractivity contribution in [3.8, 4) is 0 Å². The first-order valence-electron chi connectivity index (χ1n) is 8.98. The molecular weight excluding hydrogens is 446 g/mol. The molecule has 3 atom stereocenters. The van der Waals surface area contributed by atoms with Gasteiger partial charge < -0.3 is 40.7 Å². The monoisotopic (exact) mass is 478 g/mol. The van der Waals surface area contributed by atoms with Gasteiger partial charge in [0, 0.05) is 6.42 Å². The van der Waals surface area contributed by atoms with Gasteiger partial charge in [0.25, 0.3) is 5.08 Å². The number of hydrogen-bond donors (Lipinski definition) is 6. The highest BCUT2D eigenvalue weighted by molar-refractivity contribution is 7.72. The Morgan fingerprint density at radius 3 is 2.07 bits per heavy atom. The van der Waals surface area contributed by atoms with Crippen molar-refractivity contribution in [3.05, 3.63) is 0 Å². The lowest BCUT2D eigenvalue weighted by atomic mass is 9.95. The van der Waals surface area contributed by atoms with E-state index in [1.54, 1.807) is 13.8 Å². The molecule has 178 valence electrons. The van der Waals surface area contributed by atoms with E-state index in [-0.39, 0.29) is 18.9 Å². The third-order valence-corrected chi connectivity index (χ3v) is 8.45. The number of carbonyl (C=O) groups excluding carboxylic acids is 2. The molecule has 8 N–H and O–H groups in total. The lowest BCUT2D eigenvalue weighted by Crippen LogP contribution is -2.40. The van der Waals surface area contributed by atoms with E-state index in [9.17, 15) is 38.5 Å². The van der Waals surface area contributed by atoms with Gasteiger partial charge in [0.05, 0.1) is 5.41 Å². The molecule has 0 aromatic rings. The third kappa shape index (κ3) is 7.67. The van der Waals surface area contributed by atoms with Crippen molar-refractivity contribution < 1.29 is 52.5 Å². The second-order valence-electron chi connectivity index (χ2n) is 7.67. The molecule has 0 bridgehead atoms. The zero-order valence-electron chi connectivity index (χ0n) is 17.4. The number of rotatable bonds is 13. The number of carbonyl (C=O) groups is 2. The fourth-order valence-corrected chi connectivity index (χ4v) is 4.70. The number of aliphatic hydroxyl groups is 1. The topological polar surface area (TPSA) is 229 Å². The van der Waals surface area contributed by atoms with Crippen LogP contribution in [-0.4, -0.2) is 62.8 Å². The first-order chi connectivity index (χ1) is 13.4. The molecule has 0 radical (unpaired) electrons. The van der Waals surface area contributed by atoms with Gasteiger partial charge in [-0.05, 0) is 32.7 Å². The smallest absolute Gasteiger partial charge is 0.374 e. The molecule has 30 heavy (non-hydrogen) atoms. The summed E-state index contributed by atoms with van der Waals surface area (Å²) in [5.41, 5.74) is 9.45. The Bertz CT molecular complexity index is 694. The maximum absolute atomic E-state index is 12.2. The quantitative estimate of drug-likeness (QED) is 0.115. The van der Waals surface area contributed by atoms with E-state index in [0.29, 0.717) is 0 Å². The Labute approximate surface area is 174 Å². The summed E-state index contributed by atoms with van der Waals surface area (Å²) < 4.78 is 37.9. The van der Waals surface area contributed by atoms with Crippen LogP contribution in [0.4, 0.5) is 0 Å². The lowest BCUT2D eigenvalue weighted by Gasteiger charge is -2.32. The normalized spacial score (nSPS) is 17.7. The van der Waals surface area contributed by atoms with Crippen molar-refractivity contribution in [3.63, 3.8) is 0 Å². The molecule has 0 aliphatic rings. The summed E-state index contributed by atoms with van der Waals surface area (Å²) in [6, 6.07) is -0.890. The van der Waals surface area contributed by atoms with Crippen LogP contribution in [0.5, 0.6) is 0 Å². The summed E-state index contributed by atoms with van der Waals surface area (Å²) in [5.74, 6) is -1.92. The van der Waals surface area contributed by atoms with Crippen molar-refractivity contribution in [2.24, 2.45) is 22.8 Å². The van der Waals surface area contributed by atoms with E-state index < -0.39 is 63.5 Å². The summed E-state index contributed by atoms with van der Waals surface area (Å²) in [4.78, 5) is 52.4. The predicted molar refractivity (Wildman–Crippen MR) is 105 cm³/mol. The molecule has 0 aliphatic carbocycles. The zero-order valence-corrected chi connectivity index (χ0v) is 19.2. The van der Waals surface area contributed by atoms with E-state index >= 15 is 0 Å². The van der Waals surface area contributed by atoms with Gasteiger partial charge in [0.15, 0.2) is 0 Å². The van der Waals surface area contributed by atoms with Gasteiger partial charge in [-0.2, -0.15) is 0 Å². The number of esters is 2. The van der Waals surface area contributed by atoms with E-state index in [1.807, 2.05) is 0 Å². The van der Waals surface area contributed by atoms with Crippen LogP contribution in [-0.2, 0) is 32.7 Å². The Morgan fingerprint density at radius 2 is 1.63 bits per heavy atom. The van der Waals surface area contributed by atoms with Crippen LogP contribution >= 0.6 is 15.2 Å². The van der Waals surface area contributed by atoms with E-state index in [4.69, 9.17) is 20.9 Å². The molecule has 0 rings (SSSR count). The van der Waals surface area contributed by atoms with Gasteiger partial charge in [-0.3, -0.25) is 23.2 Å². The van der Waals surface area contributed by atoms with E-state index in [0.717, 1.165) is 0 Å². The summed E-state index contributed by atoms with van der Waals surface area (Å²) in [5, 5.41) is 6.69. The van der Waals surface area contributed by atoms with Gasteiger partial charge in [-0.1, -0.05) is 13.8 Å². The number of nitrogens with two attached hydrogens (primary N) is 2. The minimum atomic E-state index is -5.52. The van der Waals surface area contributed by atoms with Crippen molar-refractivity contribution in [1.29, 1.82) is 0 Å². The number of ether oxygens (including phenoxy) is 2. The second-order valence-corrected chi connectivity index (χ2v) is 11.9. The molecule has 0 spiro atoms. The lowest BCUT2D eigenvalue weighted by molar-refractivity contribution is -0.167. The summed E-state index contributed by atoms with van der Waals surface area (Å²) in [6.45, 7) is 4.41. The van der Waals surface area contributed by atoms with Crippen LogP contribution in [0.25, 0.3) is 0 Å². The van der Waals surface area contributed by atoms with Gasteiger partial charge in [0.2, 0.25) is 6.79 Å². The molecule has 0 saturated heterocycles. The Hall–Kier alpha value is -0.880. The largest absolute Gasteiger partial charge is 0.463 e. The molecule has 0 fully saturated rings. The molecule has 0 aromatic heterocycles. The predicted octanol–water partition coefficient (Wildman–Crippen LogP) is -0.195. The molecule has 2 unspecified atom stereocenters. The first-order valence-corrected chi connectivity index (χ1v) is 12.2. The average Bonchev–Trinajstić information content (AvgIpc) is 2.61. The maximum atomic E-state index is 12.2. The molecular formula is C15H32N2O11P2. The molecule has 15 heteroatoms. The van der Waals surface area contributed by atoms with Crippen molar-refractivity contribution in [1.82, 2.24) is 0 Å². The minimum absolute atomic E-state index is 0.120. The van der Waals surface area contributed by atoms with Gasteiger partial charge in [-0.15, -0.1) is 0 Å². The summed E-state index contributed by atoms with van der Waals surface area (Å²) >= 11 is 0. The summed E-state index contributed by atoms with van der Waals surface area (Å²) in [7, 11) is -10.9. The highest BCUT2D eigenvalue weighted by atomic mass is 31.2. The standard InChI is InChI=1S/C15H32N2O11P2/c1-10(2)11(17)12(18)26-8-14(3,4)13(19)27-9-28-30(24,25)15(20,6-5-7-16)29(21,22)23/h10-11,20H,5-9,16-17H2,1-4H3,(H,24,25)(H2,21,22,23)/t11-,15?/m1/s1. The first kappa shape index (κ1) is 29.1. The molecule has 0 saturated carbocycles. The average molecular weight is 478 g/mol. The van der Waals surface area contributed by atoms with Crippen LogP contribution in [0.2, 0.25) is 0 Å². The highest BCUT2D eigenvalue weighted by Crippen LogP contribution is 2.71. The Balaban J connectivity index is 4.98. The Morgan fingerprint density at radius 1 is 1.10 bits per heavy atom. The van der Waals surface area contributed by atoms with E-state index in [2.05, 4.69) is 4.52 Å². The minimum Gasteiger partial charge on any atom is -0.463 e.